The molecule has 0 aliphatic heterocycles. The van der Waals surface area contributed by atoms with Gasteiger partial charge in [0.05, 0.1) is 18.1 Å². The Morgan fingerprint density at radius 3 is 2.75 bits per heavy atom. The molecule has 1 aliphatic rings. The molecule has 3 atom stereocenters. The molecule has 0 N–H and O–H groups in total. The highest BCUT2D eigenvalue weighted by Gasteiger charge is 2.34. The van der Waals surface area contributed by atoms with Crippen LogP contribution in [0.25, 0.3) is 0 Å². The Morgan fingerprint density at radius 2 is 2.25 bits per heavy atom. The van der Waals surface area contributed by atoms with Gasteiger partial charge < -0.3 is 0 Å². The molecule has 3 unspecified atom stereocenters. The molecule has 0 heterocycles. The predicted octanol–water partition coefficient (Wildman–Crippen LogP) is 2.10. The molecule has 0 amide bonds. The lowest BCUT2D eigenvalue weighted by Gasteiger charge is -2.16. The second-order valence-corrected chi connectivity index (χ2v) is 3.20. The van der Waals surface area contributed by atoms with Crippen LogP contribution in [0.4, 0.5) is 0 Å². The lowest BCUT2D eigenvalue weighted by Crippen LogP contribution is -2.12. The molecule has 62 valence electrons. The summed E-state index contributed by atoms with van der Waals surface area (Å²) in [6.45, 7) is 3.83. The van der Waals surface area contributed by atoms with Gasteiger partial charge in [-0.25, -0.2) is 0 Å². The Bertz CT molecular complexity index is 221. The molecule has 0 aromatic heterocycles. The molecule has 0 spiro atoms. The second-order valence-electron chi connectivity index (χ2n) is 3.20. The molecule has 0 aromatic carbocycles. The van der Waals surface area contributed by atoms with E-state index in [1.807, 2.05) is 6.42 Å². The van der Waals surface area contributed by atoms with Crippen LogP contribution in [-0.4, -0.2) is 0 Å². The van der Waals surface area contributed by atoms with Crippen molar-refractivity contribution < 1.29 is 0 Å². The fraction of sp³-hybridized carbons (Fsp3) is 0.600. The van der Waals surface area contributed by atoms with Gasteiger partial charge in [0.25, 0.3) is 0 Å². The molecule has 0 saturated heterocycles. The van der Waals surface area contributed by atoms with Crippen molar-refractivity contribution in [1.82, 2.24) is 0 Å². The van der Waals surface area contributed by atoms with Gasteiger partial charge in [0, 0.05) is 6.42 Å². The van der Waals surface area contributed by atoms with Gasteiger partial charge in [-0.05, 0) is 24.7 Å². The Kier molecular flexibility index (Phi) is 3.11. The molecule has 1 rings (SSSR count). The highest BCUT2D eigenvalue weighted by molar-refractivity contribution is 5.07. The first-order chi connectivity index (χ1) is 5.83. The van der Waals surface area contributed by atoms with E-state index in [1.165, 1.54) is 0 Å². The van der Waals surface area contributed by atoms with Gasteiger partial charge >= 0.3 is 0 Å². The lowest BCUT2D eigenvalue weighted by atomic mass is 9.86. The monoisotopic (exact) mass is 160 g/mol. The van der Waals surface area contributed by atoms with Gasteiger partial charge in [0.15, 0.2) is 0 Å². The fourth-order valence-corrected chi connectivity index (χ4v) is 1.84. The van der Waals surface area contributed by atoms with Crippen molar-refractivity contribution in [3.8, 4) is 12.1 Å². The Hall–Kier alpha value is -1.02. The summed E-state index contributed by atoms with van der Waals surface area (Å²) in [6.07, 6.45) is 4.31. The van der Waals surface area contributed by atoms with Crippen LogP contribution >= 0.6 is 0 Å². The van der Waals surface area contributed by atoms with E-state index in [-0.39, 0.29) is 11.8 Å². The molecule has 0 bridgehead atoms. The Balaban J connectivity index is 2.61. The summed E-state index contributed by atoms with van der Waals surface area (Å²) >= 11 is 0. The zero-order chi connectivity index (χ0) is 8.97. The van der Waals surface area contributed by atoms with Gasteiger partial charge in [-0.3, -0.25) is 0 Å². The number of nitrogens with zero attached hydrogens (tertiary/aromatic N) is 2. The van der Waals surface area contributed by atoms with Crippen LogP contribution in [-0.2, 0) is 0 Å². The van der Waals surface area contributed by atoms with E-state index < -0.39 is 0 Å². The van der Waals surface area contributed by atoms with E-state index >= 15 is 0 Å². The topological polar surface area (TPSA) is 47.6 Å². The van der Waals surface area contributed by atoms with Crippen LogP contribution in [0.1, 0.15) is 19.3 Å². The smallest absolute Gasteiger partial charge is 0.0662 e. The average Bonchev–Trinajstić information content (AvgIpc) is 2.48. The maximum absolute atomic E-state index is 8.77. The summed E-state index contributed by atoms with van der Waals surface area (Å²) in [5, 5.41) is 17.3. The zero-order valence-electron chi connectivity index (χ0n) is 7.03. The Labute approximate surface area is 73.8 Å². The molecule has 0 aromatic rings. The molecule has 1 saturated carbocycles. The predicted molar refractivity (Wildman–Crippen MR) is 45.2 cm³/mol. The van der Waals surface area contributed by atoms with E-state index in [0.29, 0.717) is 12.3 Å². The highest BCUT2D eigenvalue weighted by atomic mass is 14.4. The third kappa shape index (κ3) is 1.59. The van der Waals surface area contributed by atoms with Gasteiger partial charge in [-0.2, -0.15) is 10.5 Å². The molecular formula is C10H12N2. The fourth-order valence-electron chi connectivity index (χ4n) is 1.84. The first kappa shape index (κ1) is 9.07. The number of nitriles is 2. The molecular weight excluding hydrogens is 148 g/mol. The minimum absolute atomic E-state index is 0.0172. The van der Waals surface area contributed by atoms with Crippen molar-refractivity contribution in [3.05, 3.63) is 13.3 Å². The third-order valence-corrected chi connectivity index (χ3v) is 2.61. The van der Waals surface area contributed by atoms with Gasteiger partial charge in [0.2, 0.25) is 0 Å². The maximum atomic E-state index is 8.77. The SMILES string of the molecule is [CH2]CC1C[CH]C(C#N)C1CC#N. The maximum Gasteiger partial charge on any atom is 0.0662 e. The Morgan fingerprint density at radius 1 is 1.50 bits per heavy atom. The second kappa shape index (κ2) is 4.12. The van der Waals surface area contributed by atoms with Crippen LogP contribution < -0.4 is 0 Å². The number of rotatable bonds is 2. The van der Waals surface area contributed by atoms with Crippen LogP contribution in [0.5, 0.6) is 0 Å². The molecule has 12 heavy (non-hydrogen) atoms. The van der Waals surface area contributed by atoms with Crippen molar-refractivity contribution in [3.63, 3.8) is 0 Å². The van der Waals surface area contributed by atoms with E-state index in [2.05, 4.69) is 19.1 Å². The lowest BCUT2D eigenvalue weighted by molar-refractivity contribution is 0.362. The van der Waals surface area contributed by atoms with Crippen LogP contribution in [0.15, 0.2) is 0 Å². The van der Waals surface area contributed by atoms with Crippen molar-refractivity contribution in [2.24, 2.45) is 17.8 Å². The van der Waals surface area contributed by atoms with Gasteiger partial charge in [0.1, 0.15) is 0 Å². The average molecular weight is 160 g/mol. The van der Waals surface area contributed by atoms with E-state index in [4.69, 9.17) is 10.5 Å². The normalized spacial score (nSPS) is 34.1. The standard InChI is InChI=1S/C10H12N2/c1-2-8-3-4-9(7-12)10(8)5-6-11/h4,8-10H,1-3,5H2. The largest absolute Gasteiger partial charge is 0.198 e. The number of hydrogen-bond acceptors (Lipinski definition) is 2. The first-order valence-corrected chi connectivity index (χ1v) is 4.22. The molecule has 1 aliphatic carbocycles. The van der Waals surface area contributed by atoms with Gasteiger partial charge in [-0.15, -0.1) is 0 Å². The first-order valence-electron chi connectivity index (χ1n) is 4.22. The summed E-state index contributed by atoms with van der Waals surface area (Å²) in [4.78, 5) is 0. The summed E-state index contributed by atoms with van der Waals surface area (Å²) in [6, 6.07) is 4.37. The van der Waals surface area contributed by atoms with E-state index in [0.717, 1.165) is 12.8 Å². The number of hydrogen-bond donors (Lipinski definition) is 0. The minimum Gasteiger partial charge on any atom is -0.198 e. The molecule has 1 fully saturated rings. The third-order valence-electron chi connectivity index (χ3n) is 2.61. The van der Waals surface area contributed by atoms with Gasteiger partial charge in [-0.1, -0.05) is 13.3 Å². The quantitative estimate of drug-likeness (QED) is 0.621. The van der Waals surface area contributed by atoms with Crippen molar-refractivity contribution in [2.75, 3.05) is 0 Å². The van der Waals surface area contributed by atoms with Crippen LogP contribution in [0.3, 0.4) is 0 Å². The van der Waals surface area contributed by atoms with E-state index in [9.17, 15) is 0 Å². The van der Waals surface area contributed by atoms with Crippen molar-refractivity contribution >= 4 is 0 Å². The minimum atomic E-state index is -0.0172. The highest BCUT2D eigenvalue weighted by Crippen LogP contribution is 2.39. The zero-order valence-corrected chi connectivity index (χ0v) is 7.03. The van der Waals surface area contributed by atoms with Crippen molar-refractivity contribution in [2.45, 2.75) is 19.3 Å². The van der Waals surface area contributed by atoms with Crippen LogP contribution in [0, 0.1) is 53.8 Å². The van der Waals surface area contributed by atoms with Crippen molar-refractivity contribution in [1.29, 1.82) is 10.5 Å². The summed E-state index contributed by atoms with van der Waals surface area (Å²) in [5.41, 5.74) is 0. The summed E-state index contributed by atoms with van der Waals surface area (Å²) in [5.74, 6) is 0.670. The summed E-state index contributed by atoms with van der Waals surface area (Å²) in [7, 11) is 0. The summed E-state index contributed by atoms with van der Waals surface area (Å²) < 4.78 is 0. The molecule has 2 nitrogen and oxygen atoms in total. The molecule has 2 radical (unpaired) electrons. The van der Waals surface area contributed by atoms with Crippen LogP contribution in [0.2, 0.25) is 0 Å². The van der Waals surface area contributed by atoms with E-state index in [1.54, 1.807) is 0 Å². The molecule has 2 heteroatoms.